The van der Waals surface area contributed by atoms with Crippen LogP contribution in [0.1, 0.15) is 6.92 Å². The van der Waals surface area contributed by atoms with Gasteiger partial charge >= 0.3 is 0 Å². The largest absolute Gasteiger partial charge is 0.482 e. The normalized spacial score (nSPS) is 12.3. The van der Waals surface area contributed by atoms with E-state index in [2.05, 4.69) is 10.0 Å². The Hall–Kier alpha value is -2.00. The second-order valence-corrected chi connectivity index (χ2v) is 8.44. The van der Waals surface area contributed by atoms with Crippen molar-refractivity contribution in [2.75, 3.05) is 25.0 Å². The molecule has 2 aromatic rings. The van der Waals surface area contributed by atoms with Crippen molar-refractivity contribution in [2.24, 2.45) is 0 Å². The molecule has 0 fully saturated rings. The number of benzene rings is 2. The lowest BCUT2D eigenvalue weighted by Gasteiger charge is -2.14. The van der Waals surface area contributed by atoms with Crippen molar-refractivity contribution in [3.05, 3.63) is 52.5 Å². The van der Waals surface area contributed by atoms with Gasteiger partial charge in [0, 0.05) is 23.9 Å². The fourth-order valence-electron chi connectivity index (χ4n) is 2.25. The molecule has 1 atom stereocenters. The Kier molecular flexibility index (Phi) is 7.94. The van der Waals surface area contributed by atoms with Gasteiger partial charge in [-0.15, -0.1) is 0 Å². The van der Waals surface area contributed by atoms with Crippen LogP contribution in [-0.2, 0) is 19.6 Å². The molecule has 2 aromatic carbocycles. The molecule has 0 saturated carbocycles. The molecule has 0 aromatic heterocycles. The number of carbonyl (C=O) groups excluding carboxylic acids is 1. The van der Waals surface area contributed by atoms with Crippen molar-refractivity contribution in [3.63, 3.8) is 0 Å². The number of ether oxygens (including phenoxy) is 2. The minimum Gasteiger partial charge on any atom is -0.482 e. The SMILES string of the molecule is COC[C@H](C)NC(=O)COc1ccc(S(=O)(=O)Nc2ccc(Cl)cc2)cc1Cl. The maximum absolute atomic E-state index is 12.5. The van der Waals surface area contributed by atoms with E-state index in [1.54, 1.807) is 31.2 Å². The average molecular weight is 447 g/mol. The van der Waals surface area contributed by atoms with Crippen LogP contribution in [0, 0.1) is 0 Å². The number of sulfonamides is 1. The van der Waals surface area contributed by atoms with Crippen LogP contribution in [0.2, 0.25) is 10.0 Å². The van der Waals surface area contributed by atoms with E-state index in [-0.39, 0.29) is 34.2 Å². The Balaban J connectivity index is 2.02. The van der Waals surface area contributed by atoms with Crippen molar-refractivity contribution in [1.82, 2.24) is 5.32 Å². The molecule has 0 saturated heterocycles. The Bertz CT molecular complexity index is 920. The molecule has 0 unspecified atom stereocenters. The van der Waals surface area contributed by atoms with Crippen LogP contribution in [0.3, 0.4) is 0 Å². The van der Waals surface area contributed by atoms with Gasteiger partial charge in [0.25, 0.3) is 15.9 Å². The molecule has 0 bridgehead atoms. The van der Waals surface area contributed by atoms with Crippen LogP contribution < -0.4 is 14.8 Å². The van der Waals surface area contributed by atoms with Crippen LogP contribution in [0.25, 0.3) is 0 Å². The minimum absolute atomic E-state index is 0.0435. The smallest absolute Gasteiger partial charge is 0.261 e. The van der Waals surface area contributed by atoms with E-state index >= 15 is 0 Å². The number of rotatable bonds is 9. The molecule has 0 spiro atoms. The van der Waals surface area contributed by atoms with E-state index < -0.39 is 10.0 Å². The first-order valence-electron chi connectivity index (χ1n) is 8.20. The standard InChI is InChI=1S/C18H20Cl2N2O5S/c1-12(10-26-2)21-18(23)11-27-17-8-7-15(9-16(17)20)28(24,25)22-14-5-3-13(19)4-6-14/h3-9,12,22H,10-11H2,1-2H3,(H,21,23)/t12-/m0/s1. The van der Waals surface area contributed by atoms with Crippen LogP contribution in [0.4, 0.5) is 5.69 Å². The first-order chi connectivity index (χ1) is 13.2. The average Bonchev–Trinajstić information content (AvgIpc) is 2.62. The van der Waals surface area contributed by atoms with Gasteiger partial charge in [-0.1, -0.05) is 23.2 Å². The van der Waals surface area contributed by atoms with Gasteiger partial charge in [0.1, 0.15) is 5.75 Å². The van der Waals surface area contributed by atoms with Crippen molar-refractivity contribution < 1.29 is 22.7 Å². The van der Waals surface area contributed by atoms with E-state index in [4.69, 9.17) is 32.7 Å². The predicted octanol–water partition coefficient (Wildman–Crippen LogP) is 3.32. The molecule has 0 aliphatic heterocycles. The highest BCUT2D eigenvalue weighted by Gasteiger charge is 2.17. The molecule has 2 N–H and O–H groups in total. The third kappa shape index (κ3) is 6.56. The number of halogens is 2. The number of methoxy groups -OCH3 is 1. The quantitative estimate of drug-likeness (QED) is 0.615. The fraction of sp³-hybridized carbons (Fsp3) is 0.278. The molecule has 0 heterocycles. The Morgan fingerprint density at radius 1 is 1.14 bits per heavy atom. The molecule has 152 valence electrons. The molecule has 0 aliphatic rings. The van der Waals surface area contributed by atoms with Gasteiger partial charge in [-0.05, 0) is 49.4 Å². The van der Waals surface area contributed by atoms with E-state index in [9.17, 15) is 13.2 Å². The monoisotopic (exact) mass is 446 g/mol. The topological polar surface area (TPSA) is 93.7 Å². The lowest BCUT2D eigenvalue weighted by atomic mass is 10.3. The molecule has 2 rings (SSSR count). The molecular weight excluding hydrogens is 427 g/mol. The molecule has 28 heavy (non-hydrogen) atoms. The molecular formula is C18H20Cl2N2O5S. The van der Waals surface area contributed by atoms with Gasteiger partial charge in [-0.2, -0.15) is 0 Å². The molecule has 0 radical (unpaired) electrons. The fourth-order valence-corrected chi connectivity index (χ4v) is 3.76. The van der Waals surface area contributed by atoms with Crippen LogP contribution in [0.15, 0.2) is 47.4 Å². The van der Waals surface area contributed by atoms with E-state index in [0.29, 0.717) is 17.3 Å². The zero-order valence-electron chi connectivity index (χ0n) is 15.2. The number of nitrogens with one attached hydrogen (secondary N) is 2. The summed E-state index contributed by atoms with van der Waals surface area (Å²) in [6, 6.07) is 10.0. The zero-order valence-corrected chi connectivity index (χ0v) is 17.6. The zero-order chi connectivity index (χ0) is 20.7. The molecule has 10 heteroatoms. The molecule has 1 amide bonds. The maximum atomic E-state index is 12.5. The van der Waals surface area contributed by atoms with Gasteiger partial charge in [-0.25, -0.2) is 8.42 Å². The summed E-state index contributed by atoms with van der Waals surface area (Å²) in [6.45, 7) is 1.91. The number of carbonyl (C=O) groups is 1. The summed E-state index contributed by atoms with van der Waals surface area (Å²) < 4.78 is 37.7. The lowest BCUT2D eigenvalue weighted by molar-refractivity contribution is -0.124. The summed E-state index contributed by atoms with van der Waals surface area (Å²) >= 11 is 11.9. The van der Waals surface area contributed by atoms with E-state index in [1.807, 2.05) is 0 Å². The second-order valence-electron chi connectivity index (χ2n) is 5.92. The van der Waals surface area contributed by atoms with Crippen molar-refractivity contribution in [3.8, 4) is 5.75 Å². The third-order valence-corrected chi connectivity index (χ3v) is 5.42. The van der Waals surface area contributed by atoms with Gasteiger partial charge in [0.15, 0.2) is 6.61 Å². The summed E-state index contributed by atoms with van der Waals surface area (Å²) in [5.41, 5.74) is 0.364. The van der Waals surface area contributed by atoms with Crippen molar-refractivity contribution in [2.45, 2.75) is 17.9 Å². The molecule has 0 aliphatic carbocycles. The number of anilines is 1. The molecule has 7 nitrogen and oxygen atoms in total. The third-order valence-electron chi connectivity index (χ3n) is 3.49. The van der Waals surface area contributed by atoms with Gasteiger partial charge in [0.2, 0.25) is 0 Å². The van der Waals surface area contributed by atoms with Gasteiger partial charge in [0.05, 0.1) is 16.5 Å². The minimum atomic E-state index is -3.85. The Labute approximate surface area is 174 Å². The van der Waals surface area contributed by atoms with E-state index in [0.717, 1.165) is 0 Å². The van der Waals surface area contributed by atoms with Crippen molar-refractivity contribution in [1.29, 1.82) is 0 Å². The number of amides is 1. The number of hydrogen-bond acceptors (Lipinski definition) is 5. The van der Waals surface area contributed by atoms with Crippen molar-refractivity contribution >= 4 is 44.8 Å². The van der Waals surface area contributed by atoms with Crippen LogP contribution in [0.5, 0.6) is 5.75 Å². The maximum Gasteiger partial charge on any atom is 0.261 e. The lowest BCUT2D eigenvalue weighted by Crippen LogP contribution is -2.38. The summed E-state index contributed by atoms with van der Waals surface area (Å²) in [5, 5.41) is 3.25. The van der Waals surface area contributed by atoms with Gasteiger partial charge in [-0.3, -0.25) is 9.52 Å². The highest BCUT2D eigenvalue weighted by atomic mass is 35.5. The Morgan fingerprint density at radius 2 is 1.82 bits per heavy atom. The predicted molar refractivity (Wildman–Crippen MR) is 109 cm³/mol. The van der Waals surface area contributed by atoms with Gasteiger partial charge < -0.3 is 14.8 Å². The summed E-state index contributed by atoms with van der Waals surface area (Å²) in [7, 11) is -2.31. The summed E-state index contributed by atoms with van der Waals surface area (Å²) in [4.78, 5) is 11.8. The second kappa shape index (κ2) is 9.97. The highest BCUT2D eigenvalue weighted by molar-refractivity contribution is 7.92. The number of hydrogen-bond donors (Lipinski definition) is 2. The van der Waals surface area contributed by atoms with Crippen LogP contribution >= 0.6 is 23.2 Å². The first-order valence-corrected chi connectivity index (χ1v) is 10.4. The van der Waals surface area contributed by atoms with E-state index in [1.165, 1.54) is 25.3 Å². The summed E-state index contributed by atoms with van der Waals surface area (Å²) in [5.74, 6) is -0.150. The first kappa shape index (κ1) is 22.3. The van der Waals surface area contributed by atoms with Crippen LogP contribution in [-0.4, -0.2) is 40.7 Å². The summed E-state index contributed by atoms with van der Waals surface area (Å²) in [6.07, 6.45) is 0. The Morgan fingerprint density at radius 3 is 2.43 bits per heavy atom. The highest BCUT2D eigenvalue weighted by Crippen LogP contribution is 2.28.